The van der Waals surface area contributed by atoms with E-state index in [0.717, 1.165) is 5.56 Å². The van der Waals surface area contributed by atoms with Gasteiger partial charge in [0.05, 0.1) is 6.21 Å². The molecule has 0 bridgehead atoms. The van der Waals surface area contributed by atoms with Crippen LogP contribution in [0.25, 0.3) is 0 Å². The molecular weight excluding hydrogens is 182 g/mol. The van der Waals surface area contributed by atoms with E-state index in [1.807, 2.05) is 12.1 Å². The number of tetrazole rings is 1. The maximum absolute atomic E-state index is 3.90. The van der Waals surface area contributed by atoms with Gasteiger partial charge in [-0.2, -0.15) is 10.3 Å². The van der Waals surface area contributed by atoms with Crippen LogP contribution in [0.15, 0.2) is 29.6 Å². The lowest BCUT2D eigenvalue weighted by atomic mass is 10.3. The monoisotopic (exact) mass is 189 g/mol. The Labute approximate surface area is 79.3 Å². The first-order valence-electron chi connectivity index (χ1n) is 3.88. The minimum Gasteiger partial charge on any atom is -0.265 e. The second-order valence-electron chi connectivity index (χ2n) is 2.39. The quantitative estimate of drug-likeness (QED) is 0.525. The van der Waals surface area contributed by atoms with Gasteiger partial charge in [-0.05, 0) is 22.9 Å². The summed E-state index contributed by atoms with van der Waals surface area (Å²) in [7, 11) is 0. The van der Waals surface area contributed by atoms with Crippen molar-refractivity contribution in [3.8, 4) is 0 Å². The predicted molar refractivity (Wildman–Crippen MR) is 49.6 cm³/mol. The van der Waals surface area contributed by atoms with Crippen LogP contribution >= 0.6 is 0 Å². The van der Waals surface area contributed by atoms with E-state index in [0.29, 0.717) is 5.95 Å². The number of anilines is 1. The molecule has 2 N–H and O–H groups in total. The first-order chi connectivity index (χ1) is 6.95. The Morgan fingerprint density at radius 2 is 2.21 bits per heavy atom. The molecule has 7 heteroatoms. The maximum atomic E-state index is 3.90. The highest BCUT2D eigenvalue weighted by atomic mass is 15.5. The van der Waals surface area contributed by atoms with Gasteiger partial charge < -0.3 is 0 Å². The molecule has 2 heterocycles. The third kappa shape index (κ3) is 2.09. The summed E-state index contributed by atoms with van der Waals surface area (Å²) in [5.41, 5.74) is 3.55. The highest BCUT2D eigenvalue weighted by Crippen LogP contribution is 1.93. The molecule has 14 heavy (non-hydrogen) atoms. The highest BCUT2D eigenvalue weighted by Gasteiger charge is 1.91. The molecule has 70 valence electrons. The Morgan fingerprint density at radius 3 is 2.93 bits per heavy atom. The first-order valence-corrected chi connectivity index (χ1v) is 3.88. The largest absolute Gasteiger partial charge is 0.283 e. The molecule has 0 fully saturated rings. The van der Waals surface area contributed by atoms with Gasteiger partial charge in [-0.1, -0.05) is 5.10 Å². The van der Waals surface area contributed by atoms with Gasteiger partial charge in [0.1, 0.15) is 0 Å². The lowest BCUT2D eigenvalue weighted by molar-refractivity contribution is 0.881. The third-order valence-corrected chi connectivity index (χ3v) is 1.43. The zero-order valence-electron chi connectivity index (χ0n) is 7.12. The smallest absolute Gasteiger partial charge is 0.265 e. The van der Waals surface area contributed by atoms with Crippen LogP contribution < -0.4 is 5.43 Å². The molecule has 7 nitrogen and oxygen atoms in total. The molecule has 0 unspecified atom stereocenters. The van der Waals surface area contributed by atoms with E-state index in [1.54, 1.807) is 18.6 Å². The van der Waals surface area contributed by atoms with Crippen LogP contribution in [0.3, 0.4) is 0 Å². The van der Waals surface area contributed by atoms with E-state index < -0.39 is 0 Å². The zero-order chi connectivity index (χ0) is 9.64. The average molecular weight is 189 g/mol. The van der Waals surface area contributed by atoms with Crippen LogP contribution in [0.2, 0.25) is 0 Å². The van der Waals surface area contributed by atoms with Gasteiger partial charge in [0.15, 0.2) is 0 Å². The fraction of sp³-hybridized carbons (Fsp3) is 0. The van der Waals surface area contributed by atoms with Gasteiger partial charge in [0.2, 0.25) is 0 Å². The van der Waals surface area contributed by atoms with Crippen LogP contribution in [0.5, 0.6) is 0 Å². The second kappa shape index (κ2) is 4.08. The Hall–Kier alpha value is -2.31. The highest BCUT2D eigenvalue weighted by molar-refractivity contribution is 5.79. The molecular formula is C7H7N7. The Balaban J connectivity index is 1.96. The lowest BCUT2D eigenvalue weighted by Gasteiger charge is -1.90. The van der Waals surface area contributed by atoms with Gasteiger partial charge in [-0.3, -0.25) is 4.98 Å². The summed E-state index contributed by atoms with van der Waals surface area (Å²) < 4.78 is 0. The Kier molecular flexibility index (Phi) is 2.42. The summed E-state index contributed by atoms with van der Waals surface area (Å²) in [4.78, 5) is 3.88. The number of nitrogens with one attached hydrogen (secondary N) is 2. The van der Waals surface area contributed by atoms with Crippen LogP contribution in [-0.4, -0.2) is 31.8 Å². The van der Waals surface area contributed by atoms with E-state index in [-0.39, 0.29) is 0 Å². The van der Waals surface area contributed by atoms with Crippen molar-refractivity contribution in [2.24, 2.45) is 5.10 Å². The summed E-state index contributed by atoms with van der Waals surface area (Å²) in [6.45, 7) is 0. The molecule has 0 aromatic carbocycles. The molecule has 0 amide bonds. The van der Waals surface area contributed by atoms with Crippen molar-refractivity contribution >= 4 is 12.2 Å². The summed E-state index contributed by atoms with van der Waals surface area (Å²) in [5.74, 6) is 0.329. The number of hydrazone groups is 1. The maximum Gasteiger partial charge on any atom is 0.283 e. The summed E-state index contributed by atoms with van der Waals surface area (Å²) in [6.07, 6.45) is 5.02. The molecule has 0 atom stereocenters. The van der Waals surface area contributed by atoms with E-state index in [9.17, 15) is 0 Å². The summed E-state index contributed by atoms with van der Waals surface area (Å²) >= 11 is 0. The molecule has 0 saturated carbocycles. The normalized spacial score (nSPS) is 10.6. The van der Waals surface area contributed by atoms with Gasteiger partial charge in [0, 0.05) is 12.4 Å². The molecule has 0 saturated heterocycles. The van der Waals surface area contributed by atoms with Crippen molar-refractivity contribution in [2.75, 3.05) is 5.43 Å². The van der Waals surface area contributed by atoms with Crippen molar-refractivity contribution in [2.45, 2.75) is 0 Å². The molecule has 2 aromatic heterocycles. The molecule has 2 rings (SSSR count). The topological polar surface area (TPSA) is 91.7 Å². The molecule has 2 aromatic rings. The number of nitrogens with zero attached hydrogens (tertiary/aromatic N) is 5. The number of aromatic amines is 1. The number of H-pyrrole nitrogens is 1. The predicted octanol–water partition coefficient (Wildman–Crippen LogP) is 0.0407. The minimum absolute atomic E-state index is 0.329. The zero-order valence-corrected chi connectivity index (χ0v) is 7.12. The standard InChI is InChI=1S/C7H7N7/c1-3-8-4-2-6(1)5-9-10-7-11-13-14-12-7/h1-5H,(H2,10,11,12,13,14)/b9-5-. The van der Waals surface area contributed by atoms with E-state index in [1.165, 1.54) is 0 Å². The fourth-order valence-electron chi connectivity index (χ4n) is 0.823. The molecule has 0 aliphatic heterocycles. The number of pyridine rings is 1. The number of rotatable bonds is 3. The molecule has 0 aliphatic carbocycles. The number of hydrogen-bond acceptors (Lipinski definition) is 6. The third-order valence-electron chi connectivity index (χ3n) is 1.43. The molecule has 0 radical (unpaired) electrons. The van der Waals surface area contributed by atoms with Gasteiger partial charge in [-0.25, -0.2) is 5.43 Å². The minimum atomic E-state index is 0.329. The van der Waals surface area contributed by atoms with Crippen LogP contribution in [0.4, 0.5) is 5.95 Å². The fourth-order valence-corrected chi connectivity index (χ4v) is 0.823. The van der Waals surface area contributed by atoms with Gasteiger partial charge in [-0.15, -0.1) is 5.10 Å². The van der Waals surface area contributed by atoms with Crippen LogP contribution in [0.1, 0.15) is 5.56 Å². The van der Waals surface area contributed by atoms with E-state index in [4.69, 9.17) is 0 Å². The Bertz CT molecular complexity index is 393. The van der Waals surface area contributed by atoms with Crippen LogP contribution in [0, 0.1) is 0 Å². The Morgan fingerprint density at radius 1 is 1.36 bits per heavy atom. The number of aromatic nitrogens is 5. The summed E-state index contributed by atoms with van der Waals surface area (Å²) in [5, 5.41) is 16.9. The first kappa shape index (κ1) is 8.30. The van der Waals surface area contributed by atoms with Gasteiger partial charge >= 0.3 is 0 Å². The second-order valence-corrected chi connectivity index (χ2v) is 2.39. The molecule has 0 spiro atoms. The molecule has 0 aliphatic rings. The van der Waals surface area contributed by atoms with Crippen molar-refractivity contribution in [1.82, 2.24) is 25.6 Å². The van der Waals surface area contributed by atoms with Crippen LogP contribution in [-0.2, 0) is 0 Å². The SMILES string of the molecule is C(=N/Nc1nn[nH]n1)/c1ccncc1. The van der Waals surface area contributed by atoms with Gasteiger partial charge in [0.25, 0.3) is 5.95 Å². The van der Waals surface area contributed by atoms with Crippen molar-refractivity contribution < 1.29 is 0 Å². The van der Waals surface area contributed by atoms with Crippen molar-refractivity contribution in [3.63, 3.8) is 0 Å². The van der Waals surface area contributed by atoms with Crippen molar-refractivity contribution in [3.05, 3.63) is 30.1 Å². The van der Waals surface area contributed by atoms with E-state index in [2.05, 4.69) is 36.1 Å². The van der Waals surface area contributed by atoms with Crippen molar-refractivity contribution in [1.29, 1.82) is 0 Å². The lowest BCUT2D eigenvalue weighted by Crippen LogP contribution is -1.92. The summed E-state index contributed by atoms with van der Waals surface area (Å²) in [6, 6.07) is 3.67. The average Bonchev–Trinajstić information content (AvgIpc) is 2.72. The number of hydrogen-bond donors (Lipinski definition) is 2. The van der Waals surface area contributed by atoms with E-state index >= 15 is 0 Å².